The number of aliphatic hydroxyl groups excluding tert-OH is 2. The number of allylic oxidation sites excluding steroid dienone is 4. The van der Waals surface area contributed by atoms with Crippen LogP contribution < -0.4 is 0 Å². The van der Waals surface area contributed by atoms with E-state index in [0.717, 1.165) is 6.42 Å². The Balaban J connectivity index is 2.04. The molecular formula is C15H15NO4S. The van der Waals surface area contributed by atoms with Gasteiger partial charge in [0.1, 0.15) is 11.4 Å². The molecule has 0 saturated carbocycles. The van der Waals surface area contributed by atoms with Crippen LogP contribution in [0.15, 0.2) is 59.3 Å². The number of hydrogen-bond donors (Lipinski definition) is 2. The quantitative estimate of drug-likeness (QED) is 0.853. The standard InChI is InChI=1S/C15H15NO4S/c17-13(10-5-3-1-2-4-6-10)15-14(18)11-7-8-16-9-12(11)21(15,19)20/h1,3-9,13-15,17-18H,2H2. The van der Waals surface area contributed by atoms with E-state index in [4.69, 9.17) is 0 Å². The van der Waals surface area contributed by atoms with Crippen molar-refractivity contribution in [3.05, 3.63) is 60.0 Å². The van der Waals surface area contributed by atoms with E-state index in [-0.39, 0.29) is 4.90 Å². The van der Waals surface area contributed by atoms with Crippen LogP contribution in [0.2, 0.25) is 0 Å². The highest BCUT2D eigenvalue weighted by Crippen LogP contribution is 2.41. The van der Waals surface area contributed by atoms with E-state index in [1.54, 1.807) is 18.2 Å². The molecule has 0 bridgehead atoms. The van der Waals surface area contributed by atoms with Crippen LogP contribution >= 0.6 is 0 Å². The Labute approximate surface area is 122 Å². The number of aromatic nitrogens is 1. The fraction of sp³-hybridized carbons (Fsp3) is 0.267. The number of pyridine rings is 1. The van der Waals surface area contributed by atoms with Gasteiger partial charge in [-0.25, -0.2) is 8.42 Å². The van der Waals surface area contributed by atoms with Crippen LogP contribution in [-0.4, -0.2) is 35.0 Å². The molecule has 0 saturated heterocycles. The molecule has 1 aliphatic carbocycles. The number of nitrogens with zero attached hydrogens (tertiary/aromatic N) is 1. The van der Waals surface area contributed by atoms with Gasteiger partial charge in [0, 0.05) is 18.0 Å². The van der Waals surface area contributed by atoms with Crippen LogP contribution in [-0.2, 0) is 9.84 Å². The number of hydrogen-bond acceptors (Lipinski definition) is 5. The van der Waals surface area contributed by atoms with Crippen molar-refractivity contribution in [3.63, 3.8) is 0 Å². The number of fused-ring (bicyclic) bond motifs is 1. The van der Waals surface area contributed by atoms with Crippen molar-refractivity contribution < 1.29 is 18.6 Å². The molecule has 2 aliphatic rings. The summed E-state index contributed by atoms with van der Waals surface area (Å²) in [7, 11) is -3.82. The van der Waals surface area contributed by atoms with E-state index in [0.29, 0.717) is 11.1 Å². The molecule has 21 heavy (non-hydrogen) atoms. The second-order valence-corrected chi connectivity index (χ2v) is 7.12. The van der Waals surface area contributed by atoms with Crippen LogP contribution in [0.25, 0.3) is 0 Å². The van der Waals surface area contributed by atoms with E-state index in [1.807, 2.05) is 12.2 Å². The van der Waals surface area contributed by atoms with Gasteiger partial charge in [-0.3, -0.25) is 4.98 Å². The van der Waals surface area contributed by atoms with Crippen LogP contribution in [0.4, 0.5) is 0 Å². The lowest BCUT2D eigenvalue weighted by molar-refractivity contribution is 0.109. The van der Waals surface area contributed by atoms with Gasteiger partial charge >= 0.3 is 0 Å². The highest BCUT2D eigenvalue weighted by Gasteiger charge is 2.48. The maximum absolute atomic E-state index is 12.5. The van der Waals surface area contributed by atoms with Gasteiger partial charge in [-0.2, -0.15) is 0 Å². The summed E-state index contributed by atoms with van der Waals surface area (Å²) in [6.07, 6.45) is 9.66. The number of aliphatic hydroxyl groups is 2. The molecular weight excluding hydrogens is 290 g/mol. The van der Waals surface area contributed by atoms with Gasteiger partial charge in [0.25, 0.3) is 0 Å². The zero-order chi connectivity index (χ0) is 15.0. The molecule has 1 aromatic heterocycles. The Morgan fingerprint density at radius 3 is 2.90 bits per heavy atom. The first-order chi connectivity index (χ1) is 10.0. The summed E-state index contributed by atoms with van der Waals surface area (Å²) < 4.78 is 25.1. The van der Waals surface area contributed by atoms with E-state index in [2.05, 4.69) is 4.98 Å². The third kappa shape index (κ3) is 2.25. The first kappa shape index (κ1) is 14.2. The Bertz CT molecular complexity index is 749. The summed E-state index contributed by atoms with van der Waals surface area (Å²) in [5.74, 6) is 0. The topological polar surface area (TPSA) is 87.5 Å². The maximum Gasteiger partial charge on any atom is 0.188 e. The lowest BCUT2D eigenvalue weighted by Gasteiger charge is -2.21. The van der Waals surface area contributed by atoms with Crippen molar-refractivity contribution in [2.45, 2.75) is 28.8 Å². The minimum absolute atomic E-state index is 0.00436. The molecule has 0 amide bonds. The lowest BCUT2D eigenvalue weighted by atomic mass is 9.99. The second-order valence-electron chi connectivity index (χ2n) is 5.05. The van der Waals surface area contributed by atoms with E-state index >= 15 is 0 Å². The van der Waals surface area contributed by atoms with E-state index < -0.39 is 27.3 Å². The van der Waals surface area contributed by atoms with Crippen molar-refractivity contribution >= 4 is 9.84 Å². The summed E-state index contributed by atoms with van der Waals surface area (Å²) >= 11 is 0. The highest BCUT2D eigenvalue weighted by atomic mass is 32.2. The average molecular weight is 305 g/mol. The molecule has 5 nitrogen and oxygen atoms in total. The van der Waals surface area contributed by atoms with Crippen molar-refractivity contribution in [1.29, 1.82) is 0 Å². The van der Waals surface area contributed by atoms with E-state index in [1.165, 1.54) is 18.5 Å². The summed E-state index contributed by atoms with van der Waals surface area (Å²) in [5.41, 5.74) is 0.764. The maximum atomic E-state index is 12.5. The zero-order valence-corrected chi connectivity index (χ0v) is 11.9. The molecule has 0 radical (unpaired) electrons. The van der Waals surface area contributed by atoms with Crippen molar-refractivity contribution in [1.82, 2.24) is 4.98 Å². The molecule has 110 valence electrons. The van der Waals surface area contributed by atoms with Gasteiger partial charge < -0.3 is 10.2 Å². The molecule has 0 spiro atoms. The molecule has 3 atom stereocenters. The number of sulfone groups is 1. The van der Waals surface area contributed by atoms with Crippen molar-refractivity contribution in [3.8, 4) is 0 Å². The predicted octanol–water partition coefficient (Wildman–Crippen LogP) is 1.07. The minimum Gasteiger partial charge on any atom is -0.387 e. The first-order valence-electron chi connectivity index (χ1n) is 6.60. The average Bonchev–Trinajstić information content (AvgIpc) is 2.69. The Hall–Kier alpha value is -1.76. The molecule has 0 fully saturated rings. The zero-order valence-electron chi connectivity index (χ0n) is 11.1. The summed E-state index contributed by atoms with van der Waals surface area (Å²) in [5, 5.41) is 19.5. The minimum atomic E-state index is -3.82. The summed E-state index contributed by atoms with van der Waals surface area (Å²) in [6.45, 7) is 0. The molecule has 1 aromatic rings. The van der Waals surface area contributed by atoms with Gasteiger partial charge in [0.15, 0.2) is 9.84 Å². The van der Waals surface area contributed by atoms with Gasteiger partial charge in [0.2, 0.25) is 0 Å². The van der Waals surface area contributed by atoms with Gasteiger partial charge in [-0.15, -0.1) is 0 Å². The first-order valence-corrected chi connectivity index (χ1v) is 8.15. The van der Waals surface area contributed by atoms with Gasteiger partial charge in [-0.1, -0.05) is 30.4 Å². The summed E-state index contributed by atoms with van der Waals surface area (Å²) in [4.78, 5) is 3.79. The normalized spacial score (nSPS) is 27.8. The van der Waals surface area contributed by atoms with Gasteiger partial charge in [0.05, 0.1) is 11.0 Å². The molecule has 6 heteroatoms. The van der Waals surface area contributed by atoms with Crippen LogP contribution in [0, 0.1) is 0 Å². The van der Waals surface area contributed by atoms with Crippen molar-refractivity contribution in [2.24, 2.45) is 0 Å². The van der Waals surface area contributed by atoms with Crippen LogP contribution in [0.5, 0.6) is 0 Å². The molecule has 3 rings (SSSR count). The largest absolute Gasteiger partial charge is 0.387 e. The van der Waals surface area contributed by atoms with Gasteiger partial charge in [-0.05, 0) is 18.1 Å². The Morgan fingerprint density at radius 2 is 2.14 bits per heavy atom. The fourth-order valence-electron chi connectivity index (χ4n) is 2.69. The Morgan fingerprint density at radius 1 is 1.33 bits per heavy atom. The third-order valence-corrected chi connectivity index (χ3v) is 5.96. The smallest absolute Gasteiger partial charge is 0.188 e. The van der Waals surface area contributed by atoms with Crippen molar-refractivity contribution in [2.75, 3.05) is 0 Å². The number of rotatable bonds is 2. The van der Waals surface area contributed by atoms with Crippen LogP contribution in [0.1, 0.15) is 18.1 Å². The molecule has 2 N–H and O–H groups in total. The second kappa shape index (κ2) is 5.22. The fourth-order valence-corrected chi connectivity index (χ4v) is 4.69. The molecule has 3 unspecified atom stereocenters. The highest BCUT2D eigenvalue weighted by molar-refractivity contribution is 7.92. The molecule has 1 aliphatic heterocycles. The Kier molecular flexibility index (Phi) is 3.52. The monoisotopic (exact) mass is 305 g/mol. The lowest BCUT2D eigenvalue weighted by Crippen LogP contribution is -2.35. The predicted molar refractivity (Wildman–Crippen MR) is 77.2 cm³/mol. The molecule has 0 aromatic carbocycles. The summed E-state index contributed by atoms with van der Waals surface area (Å²) in [6, 6.07) is 1.47. The SMILES string of the molecule is O=S1(=O)c2cnccc2C(O)C1C(O)C1=CC=CCC=C1. The van der Waals surface area contributed by atoms with Crippen LogP contribution in [0.3, 0.4) is 0 Å². The molecule has 2 heterocycles. The van der Waals surface area contributed by atoms with E-state index in [9.17, 15) is 18.6 Å². The third-order valence-electron chi connectivity index (χ3n) is 3.77.